The van der Waals surface area contributed by atoms with Crippen LogP contribution in [0.1, 0.15) is 72.6 Å². The molecule has 0 amide bonds. The molecule has 1 fully saturated rings. The van der Waals surface area contributed by atoms with Gasteiger partial charge in [-0.25, -0.2) is 0 Å². The number of unbranched alkanes of at least 4 members (excludes halogenated alkanes) is 3. The van der Waals surface area contributed by atoms with E-state index in [4.69, 9.17) is 0 Å². The summed E-state index contributed by atoms with van der Waals surface area (Å²) in [5.41, 5.74) is 0.726. The molecule has 0 radical (unpaired) electrons. The monoisotopic (exact) mass is 196 g/mol. The third-order valence-electron chi connectivity index (χ3n) is 4.57. The molecule has 0 N–H and O–H groups in total. The average molecular weight is 196 g/mol. The van der Waals surface area contributed by atoms with E-state index >= 15 is 0 Å². The topological polar surface area (TPSA) is 0 Å². The molecule has 84 valence electrons. The van der Waals surface area contributed by atoms with E-state index in [2.05, 4.69) is 27.7 Å². The van der Waals surface area contributed by atoms with Gasteiger partial charge < -0.3 is 0 Å². The van der Waals surface area contributed by atoms with Crippen molar-refractivity contribution in [2.24, 2.45) is 17.3 Å². The fourth-order valence-electron chi connectivity index (χ4n) is 3.07. The Labute approximate surface area is 90.5 Å². The van der Waals surface area contributed by atoms with Gasteiger partial charge >= 0.3 is 0 Å². The highest BCUT2D eigenvalue weighted by Crippen LogP contribution is 2.63. The summed E-state index contributed by atoms with van der Waals surface area (Å²) in [6, 6.07) is 0. The fraction of sp³-hybridized carbons (Fsp3) is 1.00. The van der Waals surface area contributed by atoms with E-state index in [9.17, 15) is 0 Å². The lowest BCUT2D eigenvalue weighted by molar-refractivity contribution is 0.411. The standard InChI is InChI=1S/C14H28/c1-5-7-9-10-13-12(3)14(13,4)11-8-6-2/h12-13H,5-11H2,1-4H3. The maximum absolute atomic E-state index is 2.52. The van der Waals surface area contributed by atoms with Gasteiger partial charge in [-0.1, -0.05) is 59.8 Å². The van der Waals surface area contributed by atoms with Gasteiger partial charge in [0.2, 0.25) is 0 Å². The molecule has 0 nitrogen and oxygen atoms in total. The highest BCUT2D eigenvalue weighted by molar-refractivity contribution is 5.04. The van der Waals surface area contributed by atoms with Gasteiger partial charge in [-0.2, -0.15) is 0 Å². The van der Waals surface area contributed by atoms with Crippen molar-refractivity contribution in [3.8, 4) is 0 Å². The first-order chi connectivity index (χ1) is 6.66. The second-order valence-electron chi connectivity index (χ2n) is 5.50. The van der Waals surface area contributed by atoms with Crippen LogP contribution in [0.15, 0.2) is 0 Å². The van der Waals surface area contributed by atoms with Crippen molar-refractivity contribution in [3.63, 3.8) is 0 Å². The van der Waals surface area contributed by atoms with E-state index in [-0.39, 0.29) is 0 Å². The molecule has 0 bridgehead atoms. The lowest BCUT2D eigenvalue weighted by atomic mass is 9.95. The zero-order valence-corrected chi connectivity index (χ0v) is 10.6. The van der Waals surface area contributed by atoms with Crippen LogP contribution in [0.25, 0.3) is 0 Å². The molecular formula is C14H28. The molecule has 0 heterocycles. The summed E-state index contributed by atoms with van der Waals surface area (Å²) >= 11 is 0. The van der Waals surface area contributed by atoms with E-state index < -0.39 is 0 Å². The van der Waals surface area contributed by atoms with Crippen molar-refractivity contribution in [2.75, 3.05) is 0 Å². The first-order valence-electron chi connectivity index (χ1n) is 6.66. The Kier molecular flexibility index (Phi) is 4.47. The van der Waals surface area contributed by atoms with Crippen LogP contribution in [0, 0.1) is 17.3 Å². The zero-order chi connectivity index (χ0) is 10.6. The van der Waals surface area contributed by atoms with E-state index in [1.807, 2.05) is 0 Å². The molecule has 1 rings (SSSR count). The summed E-state index contributed by atoms with van der Waals surface area (Å²) in [7, 11) is 0. The van der Waals surface area contributed by atoms with Crippen LogP contribution in [0.4, 0.5) is 0 Å². The molecule has 0 aromatic heterocycles. The van der Waals surface area contributed by atoms with Crippen molar-refractivity contribution >= 4 is 0 Å². The molecule has 1 aliphatic carbocycles. The number of hydrogen-bond acceptors (Lipinski definition) is 0. The van der Waals surface area contributed by atoms with Gasteiger partial charge in [0.15, 0.2) is 0 Å². The van der Waals surface area contributed by atoms with Crippen LogP contribution >= 0.6 is 0 Å². The second-order valence-corrected chi connectivity index (χ2v) is 5.50. The Morgan fingerprint density at radius 1 is 1.00 bits per heavy atom. The highest BCUT2D eigenvalue weighted by atomic mass is 14.6. The van der Waals surface area contributed by atoms with E-state index in [1.54, 1.807) is 0 Å². The molecule has 0 aromatic carbocycles. The van der Waals surface area contributed by atoms with E-state index in [0.717, 1.165) is 17.3 Å². The third-order valence-corrected chi connectivity index (χ3v) is 4.57. The molecule has 0 heteroatoms. The Morgan fingerprint density at radius 3 is 2.21 bits per heavy atom. The van der Waals surface area contributed by atoms with Crippen molar-refractivity contribution in [3.05, 3.63) is 0 Å². The predicted octanol–water partition coefficient (Wildman–Crippen LogP) is 5.03. The van der Waals surface area contributed by atoms with Gasteiger partial charge in [0.1, 0.15) is 0 Å². The van der Waals surface area contributed by atoms with Gasteiger partial charge in [0, 0.05) is 0 Å². The van der Waals surface area contributed by atoms with Crippen LogP contribution in [0.2, 0.25) is 0 Å². The SMILES string of the molecule is CCCCCC1C(C)C1(C)CCCC. The predicted molar refractivity (Wildman–Crippen MR) is 64.4 cm³/mol. The smallest absolute Gasteiger partial charge is 0.0266 e. The molecule has 1 saturated carbocycles. The lowest BCUT2D eigenvalue weighted by Gasteiger charge is -2.10. The number of rotatable bonds is 7. The fourth-order valence-corrected chi connectivity index (χ4v) is 3.07. The zero-order valence-electron chi connectivity index (χ0n) is 10.6. The van der Waals surface area contributed by atoms with Crippen molar-refractivity contribution in [1.82, 2.24) is 0 Å². The van der Waals surface area contributed by atoms with E-state index in [1.165, 1.54) is 44.9 Å². The van der Waals surface area contributed by atoms with Crippen molar-refractivity contribution < 1.29 is 0 Å². The Bertz CT molecular complexity index is 161. The first kappa shape index (κ1) is 12.1. The molecule has 3 unspecified atom stereocenters. The summed E-state index contributed by atoms with van der Waals surface area (Å²) in [4.78, 5) is 0. The third kappa shape index (κ3) is 2.52. The summed E-state index contributed by atoms with van der Waals surface area (Å²) in [5, 5.41) is 0. The van der Waals surface area contributed by atoms with Gasteiger partial charge in [0.25, 0.3) is 0 Å². The lowest BCUT2D eigenvalue weighted by Crippen LogP contribution is -1.99. The minimum atomic E-state index is 0.726. The van der Waals surface area contributed by atoms with Crippen molar-refractivity contribution in [2.45, 2.75) is 72.6 Å². The normalized spacial score (nSPS) is 36.0. The van der Waals surface area contributed by atoms with Gasteiger partial charge in [-0.05, 0) is 30.1 Å². The van der Waals surface area contributed by atoms with Crippen LogP contribution < -0.4 is 0 Å². The molecule has 0 aromatic rings. The molecule has 3 atom stereocenters. The van der Waals surface area contributed by atoms with Gasteiger partial charge in [-0.15, -0.1) is 0 Å². The second kappa shape index (κ2) is 5.19. The molecule has 14 heavy (non-hydrogen) atoms. The first-order valence-corrected chi connectivity index (χ1v) is 6.66. The van der Waals surface area contributed by atoms with Crippen LogP contribution in [-0.2, 0) is 0 Å². The summed E-state index contributed by atoms with van der Waals surface area (Å²) in [6.07, 6.45) is 10.0. The Morgan fingerprint density at radius 2 is 1.64 bits per heavy atom. The van der Waals surface area contributed by atoms with E-state index in [0.29, 0.717) is 0 Å². The molecule has 0 aliphatic heterocycles. The minimum absolute atomic E-state index is 0.726. The number of hydrogen-bond donors (Lipinski definition) is 0. The molecule has 1 aliphatic rings. The van der Waals surface area contributed by atoms with Gasteiger partial charge in [0.05, 0.1) is 0 Å². The average Bonchev–Trinajstić information content (AvgIpc) is 2.69. The summed E-state index contributed by atoms with van der Waals surface area (Å²) < 4.78 is 0. The quantitative estimate of drug-likeness (QED) is 0.501. The maximum atomic E-state index is 2.52. The van der Waals surface area contributed by atoms with Crippen LogP contribution in [0.5, 0.6) is 0 Å². The summed E-state index contributed by atoms with van der Waals surface area (Å²) in [6.45, 7) is 9.59. The van der Waals surface area contributed by atoms with Crippen LogP contribution in [-0.4, -0.2) is 0 Å². The highest BCUT2D eigenvalue weighted by Gasteiger charge is 2.56. The molecule has 0 spiro atoms. The van der Waals surface area contributed by atoms with Crippen LogP contribution in [0.3, 0.4) is 0 Å². The Hall–Kier alpha value is 0. The minimum Gasteiger partial charge on any atom is -0.0654 e. The summed E-state index contributed by atoms with van der Waals surface area (Å²) in [5.74, 6) is 2.06. The maximum Gasteiger partial charge on any atom is -0.0266 e. The molecule has 0 saturated heterocycles. The molecular weight excluding hydrogens is 168 g/mol. The van der Waals surface area contributed by atoms with Gasteiger partial charge in [-0.3, -0.25) is 0 Å². The Balaban J connectivity index is 2.21. The largest absolute Gasteiger partial charge is 0.0654 e. The van der Waals surface area contributed by atoms with Crippen molar-refractivity contribution in [1.29, 1.82) is 0 Å².